The van der Waals surface area contributed by atoms with Crippen LogP contribution in [0.2, 0.25) is 0 Å². The van der Waals surface area contributed by atoms with Crippen molar-refractivity contribution in [1.29, 1.82) is 0 Å². The van der Waals surface area contributed by atoms with Crippen molar-refractivity contribution in [2.24, 2.45) is 5.14 Å². The summed E-state index contributed by atoms with van der Waals surface area (Å²) in [7, 11) is -3.61. The van der Waals surface area contributed by atoms with Gasteiger partial charge in [-0.05, 0) is 18.2 Å². The van der Waals surface area contributed by atoms with Crippen molar-refractivity contribution in [2.45, 2.75) is 4.90 Å². The van der Waals surface area contributed by atoms with Crippen molar-refractivity contribution in [3.8, 4) is 5.69 Å². The van der Waals surface area contributed by atoms with Crippen LogP contribution in [0.3, 0.4) is 0 Å². The molecule has 0 spiro atoms. The van der Waals surface area contributed by atoms with Crippen LogP contribution in [0.4, 0.5) is 0 Å². The molecule has 0 bridgehead atoms. The highest BCUT2D eigenvalue weighted by atomic mass is 32.2. The Kier molecular flexibility index (Phi) is 2.34. The molecule has 0 aliphatic carbocycles. The van der Waals surface area contributed by atoms with E-state index < -0.39 is 10.0 Å². The molecule has 2 rings (SSSR count). The Hall–Kier alpha value is -1.59. The summed E-state index contributed by atoms with van der Waals surface area (Å²) in [5, 5.41) is 5.01. The standard InChI is InChI=1S/C10H10N2O2S/c11-15(13,14)10-6-7-12(8-10)9-4-2-1-3-5-9/h1-8H,(H2,11,13,14). The van der Waals surface area contributed by atoms with Crippen LogP contribution in [-0.2, 0) is 10.0 Å². The summed E-state index contributed by atoms with van der Waals surface area (Å²) in [6.45, 7) is 0. The van der Waals surface area contributed by atoms with Crippen LogP contribution < -0.4 is 5.14 Å². The Balaban J connectivity index is 2.46. The molecule has 0 aliphatic rings. The molecule has 1 aromatic carbocycles. The number of nitrogens with zero attached hydrogens (tertiary/aromatic N) is 1. The minimum Gasteiger partial charge on any atom is -0.322 e. The van der Waals surface area contributed by atoms with E-state index in [0.29, 0.717) is 0 Å². The second-order valence-corrected chi connectivity index (χ2v) is 4.70. The van der Waals surface area contributed by atoms with Crippen molar-refractivity contribution in [1.82, 2.24) is 4.57 Å². The predicted octanol–water partition coefficient (Wildman–Crippen LogP) is 1.12. The molecule has 2 N–H and O–H groups in total. The van der Waals surface area contributed by atoms with E-state index in [9.17, 15) is 8.42 Å². The van der Waals surface area contributed by atoms with E-state index in [1.54, 1.807) is 10.8 Å². The third-order valence-corrected chi connectivity index (χ3v) is 2.95. The maximum absolute atomic E-state index is 11.0. The zero-order valence-corrected chi connectivity index (χ0v) is 8.68. The number of nitrogens with two attached hydrogens (primary N) is 1. The van der Waals surface area contributed by atoms with Crippen LogP contribution in [0.15, 0.2) is 53.7 Å². The third kappa shape index (κ3) is 2.08. The van der Waals surface area contributed by atoms with E-state index >= 15 is 0 Å². The molecule has 78 valence electrons. The summed E-state index contributed by atoms with van der Waals surface area (Å²) in [5.74, 6) is 0. The topological polar surface area (TPSA) is 65.1 Å². The molecule has 0 saturated heterocycles. The maximum Gasteiger partial charge on any atom is 0.239 e. The van der Waals surface area contributed by atoms with Crippen molar-refractivity contribution >= 4 is 10.0 Å². The highest BCUT2D eigenvalue weighted by Crippen LogP contribution is 2.12. The molecule has 1 heterocycles. The first-order chi connectivity index (χ1) is 7.07. The lowest BCUT2D eigenvalue weighted by atomic mass is 10.3. The van der Waals surface area contributed by atoms with Gasteiger partial charge in [-0.3, -0.25) is 0 Å². The molecule has 0 atom stereocenters. The van der Waals surface area contributed by atoms with Gasteiger partial charge in [-0.15, -0.1) is 0 Å². The van der Waals surface area contributed by atoms with Gasteiger partial charge in [0.05, 0.1) is 4.90 Å². The fourth-order valence-electron chi connectivity index (χ4n) is 1.31. The van der Waals surface area contributed by atoms with Gasteiger partial charge >= 0.3 is 0 Å². The number of para-hydroxylation sites is 1. The Morgan fingerprint density at radius 2 is 1.73 bits per heavy atom. The molecule has 0 amide bonds. The summed E-state index contributed by atoms with van der Waals surface area (Å²) < 4.78 is 23.8. The zero-order valence-electron chi connectivity index (χ0n) is 7.87. The van der Waals surface area contributed by atoms with E-state index in [1.165, 1.54) is 12.3 Å². The van der Waals surface area contributed by atoms with Crippen LogP contribution in [-0.4, -0.2) is 13.0 Å². The minimum atomic E-state index is -3.61. The first kappa shape index (κ1) is 9.95. The predicted molar refractivity (Wildman–Crippen MR) is 57.1 cm³/mol. The van der Waals surface area contributed by atoms with Crippen molar-refractivity contribution in [3.63, 3.8) is 0 Å². The molecular formula is C10H10N2O2S. The summed E-state index contributed by atoms with van der Waals surface area (Å²) in [5.41, 5.74) is 0.896. The first-order valence-electron chi connectivity index (χ1n) is 4.33. The van der Waals surface area contributed by atoms with Gasteiger partial charge in [0.15, 0.2) is 0 Å². The second kappa shape index (κ2) is 3.52. The van der Waals surface area contributed by atoms with E-state index in [0.717, 1.165) is 5.69 Å². The molecule has 0 aliphatic heterocycles. The quantitative estimate of drug-likeness (QED) is 0.827. The third-order valence-electron chi connectivity index (χ3n) is 2.05. The molecule has 15 heavy (non-hydrogen) atoms. The lowest BCUT2D eigenvalue weighted by Crippen LogP contribution is -2.11. The fraction of sp³-hybridized carbons (Fsp3) is 0. The van der Waals surface area contributed by atoms with Crippen LogP contribution in [0, 0.1) is 0 Å². The molecule has 0 fully saturated rings. The first-order valence-corrected chi connectivity index (χ1v) is 5.88. The van der Waals surface area contributed by atoms with Gasteiger partial charge in [0, 0.05) is 18.1 Å². The summed E-state index contributed by atoms with van der Waals surface area (Å²) in [4.78, 5) is 0.117. The second-order valence-electron chi connectivity index (χ2n) is 3.14. The lowest BCUT2D eigenvalue weighted by Gasteiger charge is -2.00. The van der Waals surface area contributed by atoms with Crippen LogP contribution in [0.1, 0.15) is 0 Å². The normalized spacial score (nSPS) is 11.5. The number of aromatic nitrogens is 1. The Morgan fingerprint density at radius 1 is 1.07 bits per heavy atom. The number of primary sulfonamides is 1. The van der Waals surface area contributed by atoms with Gasteiger partial charge in [-0.2, -0.15) is 0 Å². The van der Waals surface area contributed by atoms with Gasteiger partial charge < -0.3 is 4.57 Å². The van der Waals surface area contributed by atoms with Gasteiger partial charge in [-0.1, -0.05) is 18.2 Å². The molecule has 5 heteroatoms. The lowest BCUT2D eigenvalue weighted by molar-refractivity contribution is 0.598. The molecule has 0 saturated carbocycles. The highest BCUT2D eigenvalue weighted by molar-refractivity contribution is 7.89. The zero-order chi connectivity index (χ0) is 10.9. The summed E-state index contributed by atoms with van der Waals surface area (Å²) >= 11 is 0. The molecular weight excluding hydrogens is 212 g/mol. The largest absolute Gasteiger partial charge is 0.322 e. The molecule has 1 aromatic heterocycles. The van der Waals surface area contributed by atoms with E-state index in [-0.39, 0.29) is 4.90 Å². The van der Waals surface area contributed by atoms with E-state index in [2.05, 4.69) is 0 Å². The Labute approximate surface area is 88.0 Å². The van der Waals surface area contributed by atoms with Crippen LogP contribution in [0.25, 0.3) is 5.69 Å². The summed E-state index contributed by atoms with van der Waals surface area (Å²) in [6.07, 6.45) is 3.15. The summed E-state index contributed by atoms with van der Waals surface area (Å²) in [6, 6.07) is 10.9. The molecule has 0 unspecified atom stereocenters. The SMILES string of the molecule is NS(=O)(=O)c1ccn(-c2ccccc2)c1. The number of sulfonamides is 1. The number of rotatable bonds is 2. The maximum atomic E-state index is 11.0. The van der Waals surface area contributed by atoms with Crippen molar-refractivity contribution < 1.29 is 8.42 Å². The van der Waals surface area contributed by atoms with Crippen LogP contribution in [0.5, 0.6) is 0 Å². The monoisotopic (exact) mass is 222 g/mol. The average Bonchev–Trinajstić information content (AvgIpc) is 2.67. The molecule has 4 nitrogen and oxygen atoms in total. The van der Waals surface area contributed by atoms with Gasteiger partial charge in [-0.25, -0.2) is 13.6 Å². The Morgan fingerprint density at radius 3 is 2.27 bits per heavy atom. The molecule has 0 radical (unpaired) electrons. The number of hydrogen-bond acceptors (Lipinski definition) is 2. The smallest absolute Gasteiger partial charge is 0.239 e. The average molecular weight is 222 g/mol. The van der Waals surface area contributed by atoms with Crippen molar-refractivity contribution in [2.75, 3.05) is 0 Å². The number of benzene rings is 1. The van der Waals surface area contributed by atoms with Crippen LogP contribution >= 0.6 is 0 Å². The molecule has 2 aromatic rings. The van der Waals surface area contributed by atoms with Crippen molar-refractivity contribution in [3.05, 3.63) is 48.8 Å². The van der Waals surface area contributed by atoms with Gasteiger partial charge in [0.1, 0.15) is 0 Å². The Bertz CT molecular complexity index is 558. The van der Waals surface area contributed by atoms with E-state index in [1.807, 2.05) is 30.3 Å². The number of hydrogen-bond donors (Lipinski definition) is 1. The van der Waals surface area contributed by atoms with E-state index in [4.69, 9.17) is 5.14 Å². The minimum absolute atomic E-state index is 0.117. The van der Waals surface area contributed by atoms with Gasteiger partial charge in [0.2, 0.25) is 10.0 Å². The fourth-order valence-corrected chi connectivity index (χ4v) is 1.82. The van der Waals surface area contributed by atoms with Gasteiger partial charge in [0.25, 0.3) is 0 Å². The highest BCUT2D eigenvalue weighted by Gasteiger charge is 2.09.